The lowest BCUT2D eigenvalue weighted by atomic mass is 9.44. The fourth-order valence-corrected chi connectivity index (χ4v) is 10.3. The molecule has 2 aromatic rings. The largest absolute Gasteiger partial charge is 0.456 e. The number of carbonyl (C=O) groups excluding carboxylic acids is 6. The molecule has 18 nitrogen and oxygen atoms in total. The first kappa shape index (κ1) is 50.2. The lowest BCUT2D eigenvalue weighted by Gasteiger charge is -2.67. The summed E-state index contributed by atoms with van der Waals surface area (Å²) in [5.41, 5.74) is -8.25. The first-order valence-corrected chi connectivity index (χ1v) is 21.9. The summed E-state index contributed by atoms with van der Waals surface area (Å²) in [7, 11) is 0. The number of amides is 1. The van der Waals surface area contributed by atoms with Gasteiger partial charge in [0.25, 0.3) is 0 Å². The third-order valence-electron chi connectivity index (χ3n) is 13.4. The first-order chi connectivity index (χ1) is 30.9. The minimum absolute atomic E-state index is 0.000496. The summed E-state index contributed by atoms with van der Waals surface area (Å²) in [5.74, 6) is -6.21. The fraction of sp³-hybridized carbons (Fsp3) is 0.583. The Kier molecular flexibility index (Phi) is 14.6. The molecule has 3 aliphatic carbocycles. The number of ether oxygens (including phenoxy) is 8. The summed E-state index contributed by atoms with van der Waals surface area (Å²) in [6, 6.07) is 14.6. The van der Waals surface area contributed by atoms with Crippen molar-refractivity contribution < 1.29 is 82.0 Å². The van der Waals surface area contributed by atoms with Gasteiger partial charge in [-0.05, 0) is 63.5 Å². The molecule has 66 heavy (non-hydrogen) atoms. The maximum absolute atomic E-state index is 15.9. The van der Waals surface area contributed by atoms with Gasteiger partial charge in [-0.3, -0.25) is 14.4 Å². The van der Waals surface area contributed by atoms with Gasteiger partial charge in [0.2, 0.25) is 0 Å². The lowest BCUT2D eigenvalue weighted by Crippen LogP contribution is -2.82. The average Bonchev–Trinajstić information content (AvgIpc) is 3.24. The van der Waals surface area contributed by atoms with Crippen LogP contribution < -0.4 is 5.32 Å². The molecule has 0 spiro atoms. The highest BCUT2D eigenvalue weighted by molar-refractivity contribution is 5.95. The van der Waals surface area contributed by atoms with Gasteiger partial charge in [0, 0.05) is 32.1 Å². The van der Waals surface area contributed by atoms with Crippen LogP contribution in [-0.2, 0) is 57.1 Å². The van der Waals surface area contributed by atoms with Crippen molar-refractivity contribution in [2.24, 2.45) is 16.7 Å². The molecule has 1 heterocycles. The summed E-state index contributed by atoms with van der Waals surface area (Å²) in [6.45, 7) is 12.1. The second-order valence-electron chi connectivity index (χ2n) is 19.0. The van der Waals surface area contributed by atoms with Gasteiger partial charge in [-0.15, -0.1) is 0 Å². The molecule has 2 unspecified atom stereocenters. The average molecular weight is 924 g/mol. The van der Waals surface area contributed by atoms with Gasteiger partial charge >= 0.3 is 30.0 Å². The zero-order valence-electron chi connectivity index (χ0n) is 38.7. The summed E-state index contributed by atoms with van der Waals surface area (Å²) >= 11 is 0. The Balaban J connectivity index is 1.56. The van der Waals surface area contributed by atoms with Crippen LogP contribution in [0.3, 0.4) is 0 Å². The molecular formula is C48H61NO17. The van der Waals surface area contributed by atoms with Crippen LogP contribution >= 0.6 is 0 Å². The Bertz CT molecular complexity index is 2190. The van der Waals surface area contributed by atoms with Gasteiger partial charge in [0.05, 0.1) is 48.9 Å². The van der Waals surface area contributed by atoms with Crippen molar-refractivity contribution in [2.75, 3.05) is 26.6 Å². The number of rotatable bonds is 14. The molecule has 4 aliphatic rings. The van der Waals surface area contributed by atoms with Crippen LogP contribution in [0.1, 0.15) is 97.1 Å². The van der Waals surface area contributed by atoms with Crippen LogP contribution in [-0.4, -0.2) is 131 Å². The molecule has 0 radical (unpaired) electrons. The van der Waals surface area contributed by atoms with Crippen molar-refractivity contribution in [2.45, 2.75) is 135 Å². The van der Waals surface area contributed by atoms with Crippen molar-refractivity contribution in [3.63, 3.8) is 0 Å². The number of aliphatic hydroxyl groups is 3. The molecule has 360 valence electrons. The molecule has 2 saturated carbocycles. The third-order valence-corrected chi connectivity index (χ3v) is 13.4. The van der Waals surface area contributed by atoms with Gasteiger partial charge in [0.15, 0.2) is 23.6 Å². The summed E-state index contributed by atoms with van der Waals surface area (Å²) in [5, 5.41) is 37.6. The van der Waals surface area contributed by atoms with E-state index in [0.717, 1.165) is 13.8 Å². The van der Waals surface area contributed by atoms with Crippen LogP contribution in [0.25, 0.3) is 0 Å². The molecule has 2 aromatic carbocycles. The minimum Gasteiger partial charge on any atom is -0.456 e. The van der Waals surface area contributed by atoms with Crippen LogP contribution in [0, 0.1) is 16.7 Å². The van der Waals surface area contributed by atoms with Gasteiger partial charge in [-0.1, -0.05) is 62.4 Å². The molecule has 6 rings (SSSR count). The molecule has 0 aromatic heterocycles. The molecule has 18 heteroatoms. The minimum atomic E-state index is -2.41. The van der Waals surface area contributed by atoms with Gasteiger partial charge in [0.1, 0.15) is 36.3 Å². The topological polar surface area (TPSA) is 249 Å². The molecule has 1 amide bonds. The quantitative estimate of drug-likeness (QED) is 0.0691. The number of Topliss-reactive ketones (excluding diaryl/α,β-unsaturated/α-hetero) is 1. The van der Waals surface area contributed by atoms with E-state index < -0.39 is 125 Å². The van der Waals surface area contributed by atoms with Gasteiger partial charge < -0.3 is 58.5 Å². The zero-order chi connectivity index (χ0) is 48.6. The van der Waals surface area contributed by atoms with Crippen LogP contribution in [0.15, 0.2) is 71.8 Å². The molecule has 1 aliphatic heterocycles. The number of benzene rings is 2. The number of ketones is 1. The fourth-order valence-electron chi connectivity index (χ4n) is 10.3. The van der Waals surface area contributed by atoms with Crippen LogP contribution in [0.2, 0.25) is 0 Å². The molecule has 3 fully saturated rings. The number of aliphatic hydroxyl groups excluding tert-OH is 2. The number of nitrogens with one attached hydrogen (secondary N) is 1. The van der Waals surface area contributed by atoms with E-state index in [1.54, 1.807) is 83.1 Å². The number of esters is 4. The highest BCUT2D eigenvalue weighted by Crippen LogP contribution is 2.65. The zero-order valence-corrected chi connectivity index (χ0v) is 38.7. The molecule has 11 atom stereocenters. The van der Waals surface area contributed by atoms with Gasteiger partial charge in [-0.25, -0.2) is 14.4 Å². The van der Waals surface area contributed by atoms with E-state index in [4.69, 9.17) is 37.9 Å². The second kappa shape index (κ2) is 19.2. The van der Waals surface area contributed by atoms with Crippen molar-refractivity contribution >= 4 is 35.8 Å². The molecular weight excluding hydrogens is 863 g/mol. The van der Waals surface area contributed by atoms with Gasteiger partial charge in [-0.2, -0.15) is 0 Å². The Morgan fingerprint density at radius 2 is 1.56 bits per heavy atom. The first-order valence-electron chi connectivity index (χ1n) is 21.9. The Morgan fingerprint density at radius 3 is 2.12 bits per heavy atom. The van der Waals surface area contributed by atoms with E-state index >= 15 is 4.79 Å². The predicted molar refractivity (Wildman–Crippen MR) is 230 cm³/mol. The smallest absolute Gasteiger partial charge is 0.408 e. The maximum Gasteiger partial charge on any atom is 0.408 e. The highest BCUT2D eigenvalue weighted by Gasteiger charge is 2.78. The predicted octanol–water partition coefficient (Wildman–Crippen LogP) is 3.82. The molecule has 4 N–H and O–H groups in total. The number of hydrogen-bond donors (Lipinski definition) is 4. The Hall–Kier alpha value is -5.24. The molecule has 2 bridgehead atoms. The maximum atomic E-state index is 15.9. The van der Waals surface area contributed by atoms with E-state index in [9.17, 15) is 39.3 Å². The summed E-state index contributed by atoms with van der Waals surface area (Å²) < 4.78 is 48.0. The number of alkyl carbamates (subject to hydrolysis) is 1. The Morgan fingerprint density at radius 1 is 0.924 bits per heavy atom. The van der Waals surface area contributed by atoms with Crippen molar-refractivity contribution in [3.8, 4) is 0 Å². The van der Waals surface area contributed by atoms with E-state index in [2.05, 4.69) is 5.32 Å². The van der Waals surface area contributed by atoms with E-state index in [1.165, 1.54) is 26.0 Å². The number of fused-ring (bicyclic) bond motifs is 5. The van der Waals surface area contributed by atoms with Crippen LogP contribution in [0.4, 0.5) is 4.79 Å². The summed E-state index contributed by atoms with van der Waals surface area (Å²) in [6.07, 6.45) is -11.1. The highest BCUT2D eigenvalue weighted by atomic mass is 16.7. The van der Waals surface area contributed by atoms with E-state index in [-0.39, 0.29) is 43.0 Å². The van der Waals surface area contributed by atoms with Crippen molar-refractivity contribution in [1.82, 2.24) is 5.32 Å². The van der Waals surface area contributed by atoms with Crippen molar-refractivity contribution in [1.29, 1.82) is 0 Å². The number of carbonyl (C=O) groups is 6. The van der Waals surface area contributed by atoms with E-state index in [1.807, 2.05) is 0 Å². The lowest BCUT2D eigenvalue weighted by molar-refractivity contribution is -0.351. The molecule has 1 saturated heterocycles. The SMILES string of the molecule is CC(=O)O[C@H]1C(=O)[C@@]2(C)C(C(OC(=O)c3ccccc3)[C@]3(O)C[C@H](OC(=O)[C@H](O)[C@@H](NC(=O)OC(C)(C)C)c4ccccc4)C(C)=C1C3(C)C)[C@]1(OC(C)=O)CO[C@@H]1C[C@@H]2OCOCCO. The second-order valence-corrected chi connectivity index (χ2v) is 19.0. The van der Waals surface area contributed by atoms with Crippen LogP contribution in [0.5, 0.6) is 0 Å². The monoisotopic (exact) mass is 923 g/mol. The normalized spacial score (nSPS) is 30.9. The standard InChI is InChI=1S/C48H61NO17/c1-26-31(63-42(56)36(53)35(29-16-12-10-13-17-29)49-43(57)66-44(4,5)6)23-48(58)40(64-41(55)30-18-14-11-15-19-30)38-46(9,39(54)37(62-27(2)51)34(26)45(48,7)8)32(61-25-59-21-20-50)22-33-47(38,24-60-33)65-28(3)52/h10-19,31-33,35-38,40,50,53,58H,20-25H2,1-9H3,(H,49,57)/t31-,32-,33+,35-,36+,37+,38?,40?,46+,47-,48+/m0/s1. The Labute approximate surface area is 383 Å². The summed E-state index contributed by atoms with van der Waals surface area (Å²) in [4.78, 5) is 84.2. The van der Waals surface area contributed by atoms with E-state index in [0.29, 0.717) is 5.56 Å². The third kappa shape index (κ3) is 9.35. The number of hydrogen-bond acceptors (Lipinski definition) is 17. The van der Waals surface area contributed by atoms with Crippen molar-refractivity contribution in [3.05, 3.63) is 82.9 Å².